The Balaban J connectivity index is 1.52. The minimum Gasteiger partial charge on any atom is -0.353 e. The highest BCUT2D eigenvalue weighted by Crippen LogP contribution is 2.40. The first-order valence-corrected chi connectivity index (χ1v) is 8.73. The lowest BCUT2D eigenvalue weighted by Gasteiger charge is -2.22. The molecule has 2 aliphatic carbocycles. The van der Waals surface area contributed by atoms with Gasteiger partial charge in [0, 0.05) is 11.7 Å². The molecule has 0 radical (unpaired) electrons. The number of benzene rings is 1. The zero-order valence-electron chi connectivity index (χ0n) is 14.0. The Kier molecular flexibility index (Phi) is 4.69. The number of carbonyl (C=O) groups is 2. The van der Waals surface area contributed by atoms with Crippen molar-refractivity contribution in [2.45, 2.75) is 58.4 Å². The van der Waals surface area contributed by atoms with Crippen molar-refractivity contribution in [2.75, 3.05) is 5.32 Å². The minimum absolute atomic E-state index is 0.0255. The second-order valence-corrected chi connectivity index (χ2v) is 7.10. The first-order chi connectivity index (χ1) is 11.0. The fourth-order valence-electron chi connectivity index (χ4n) is 3.43. The van der Waals surface area contributed by atoms with Crippen LogP contribution in [0.5, 0.6) is 0 Å². The van der Waals surface area contributed by atoms with E-state index in [4.69, 9.17) is 0 Å². The van der Waals surface area contributed by atoms with Crippen LogP contribution in [0.15, 0.2) is 18.2 Å². The molecule has 3 rings (SSSR count). The van der Waals surface area contributed by atoms with E-state index in [1.165, 1.54) is 19.3 Å². The minimum atomic E-state index is -0.168. The maximum atomic E-state index is 12.4. The van der Waals surface area contributed by atoms with E-state index in [1.54, 1.807) is 0 Å². The molecule has 2 amide bonds. The van der Waals surface area contributed by atoms with Crippen molar-refractivity contribution in [2.24, 2.45) is 11.8 Å². The van der Waals surface area contributed by atoms with Gasteiger partial charge in [0.05, 0.1) is 11.8 Å². The van der Waals surface area contributed by atoms with Gasteiger partial charge in [-0.1, -0.05) is 31.4 Å². The maximum Gasteiger partial charge on any atom is 0.228 e. The lowest BCUT2D eigenvalue weighted by Crippen LogP contribution is -2.37. The topological polar surface area (TPSA) is 58.2 Å². The molecule has 2 unspecified atom stereocenters. The summed E-state index contributed by atoms with van der Waals surface area (Å²) in [5.41, 5.74) is 3.02. The van der Waals surface area contributed by atoms with Gasteiger partial charge in [0.25, 0.3) is 0 Å². The molecule has 2 atom stereocenters. The van der Waals surface area contributed by atoms with Gasteiger partial charge in [-0.05, 0) is 50.3 Å². The highest BCUT2D eigenvalue weighted by molar-refractivity contribution is 6.00. The third-order valence-electron chi connectivity index (χ3n) is 5.07. The van der Waals surface area contributed by atoms with Crippen LogP contribution in [0.3, 0.4) is 0 Å². The Morgan fingerprint density at radius 1 is 1.00 bits per heavy atom. The molecule has 0 spiro atoms. The third kappa shape index (κ3) is 3.92. The monoisotopic (exact) mass is 314 g/mol. The fourth-order valence-corrected chi connectivity index (χ4v) is 3.43. The van der Waals surface area contributed by atoms with E-state index in [0.29, 0.717) is 12.5 Å². The number of rotatable bonds is 4. The largest absolute Gasteiger partial charge is 0.353 e. The van der Waals surface area contributed by atoms with Crippen molar-refractivity contribution in [3.63, 3.8) is 0 Å². The highest BCUT2D eigenvalue weighted by Gasteiger charge is 2.48. The molecule has 2 fully saturated rings. The molecular formula is C19H26N2O2. The summed E-state index contributed by atoms with van der Waals surface area (Å²) in [7, 11) is 0. The molecular weight excluding hydrogens is 288 g/mol. The number of carbonyl (C=O) groups excluding carboxylic acids is 2. The molecule has 0 aromatic heterocycles. The number of hydrogen-bond acceptors (Lipinski definition) is 2. The number of aryl methyl sites for hydroxylation is 2. The SMILES string of the molecule is Cc1ccc(C)c(NC(=O)C2CC2C(=O)NC2CCCCC2)c1. The second kappa shape index (κ2) is 6.73. The molecule has 0 heterocycles. The quantitative estimate of drug-likeness (QED) is 0.895. The average Bonchev–Trinajstić information content (AvgIpc) is 3.33. The molecule has 4 nitrogen and oxygen atoms in total. The Morgan fingerprint density at radius 2 is 1.70 bits per heavy atom. The average molecular weight is 314 g/mol. The van der Waals surface area contributed by atoms with Gasteiger partial charge in [0.2, 0.25) is 11.8 Å². The van der Waals surface area contributed by atoms with Crippen molar-refractivity contribution in [1.82, 2.24) is 5.32 Å². The number of amides is 2. The van der Waals surface area contributed by atoms with Crippen LogP contribution in [-0.4, -0.2) is 17.9 Å². The van der Waals surface area contributed by atoms with Gasteiger partial charge in [-0.3, -0.25) is 9.59 Å². The summed E-state index contributed by atoms with van der Waals surface area (Å²) < 4.78 is 0. The molecule has 2 aliphatic rings. The Hall–Kier alpha value is -1.84. The lowest BCUT2D eigenvalue weighted by molar-refractivity contribution is -0.126. The zero-order valence-corrected chi connectivity index (χ0v) is 14.0. The maximum absolute atomic E-state index is 12.4. The first-order valence-electron chi connectivity index (χ1n) is 8.73. The van der Waals surface area contributed by atoms with Crippen molar-refractivity contribution in [1.29, 1.82) is 0 Å². The predicted octanol–water partition coefficient (Wildman–Crippen LogP) is 3.33. The van der Waals surface area contributed by atoms with Gasteiger partial charge in [0.15, 0.2) is 0 Å². The summed E-state index contributed by atoms with van der Waals surface area (Å²) in [5, 5.41) is 6.11. The molecule has 1 aromatic rings. The van der Waals surface area contributed by atoms with Crippen LogP contribution in [0, 0.1) is 25.7 Å². The smallest absolute Gasteiger partial charge is 0.228 e. The molecule has 124 valence electrons. The van der Waals surface area contributed by atoms with Gasteiger partial charge in [-0.2, -0.15) is 0 Å². The molecule has 4 heteroatoms. The zero-order chi connectivity index (χ0) is 16.4. The van der Waals surface area contributed by atoms with Gasteiger partial charge in [0.1, 0.15) is 0 Å². The van der Waals surface area contributed by atoms with Gasteiger partial charge in [-0.15, -0.1) is 0 Å². The van der Waals surface area contributed by atoms with Crippen LogP contribution < -0.4 is 10.6 Å². The summed E-state index contributed by atoms with van der Waals surface area (Å²) in [6.45, 7) is 3.99. The Morgan fingerprint density at radius 3 is 2.43 bits per heavy atom. The molecule has 0 aliphatic heterocycles. The number of hydrogen-bond donors (Lipinski definition) is 2. The van der Waals surface area contributed by atoms with Crippen LogP contribution in [0.2, 0.25) is 0 Å². The summed E-state index contributed by atoms with van der Waals surface area (Å²) >= 11 is 0. The fraction of sp³-hybridized carbons (Fsp3) is 0.579. The molecule has 2 saturated carbocycles. The summed E-state index contributed by atoms with van der Waals surface area (Å²) in [6, 6.07) is 6.33. The van der Waals surface area contributed by atoms with E-state index < -0.39 is 0 Å². The number of anilines is 1. The van der Waals surface area contributed by atoms with Crippen LogP contribution in [0.4, 0.5) is 5.69 Å². The standard InChI is InChI=1S/C19H26N2O2/c1-12-8-9-13(2)17(10-12)21-19(23)16-11-15(16)18(22)20-14-6-4-3-5-7-14/h8-10,14-16H,3-7,11H2,1-2H3,(H,20,22)(H,21,23). The van der Waals surface area contributed by atoms with Crippen molar-refractivity contribution in [3.8, 4) is 0 Å². The second-order valence-electron chi connectivity index (χ2n) is 7.10. The van der Waals surface area contributed by atoms with Crippen LogP contribution in [-0.2, 0) is 9.59 Å². The third-order valence-corrected chi connectivity index (χ3v) is 5.07. The van der Waals surface area contributed by atoms with E-state index in [-0.39, 0.29) is 23.7 Å². The van der Waals surface area contributed by atoms with Gasteiger partial charge >= 0.3 is 0 Å². The Bertz CT molecular complexity index is 605. The van der Waals surface area contributed by atoms with E-state index in [0.717, 1.165) is 29.7 Å². The predicted molar refractivity (Wildman–Crippen MR) is 91.2 cm³/mol. The van der Waals surface area contributed by atoms with Crippen molar-refractivity contribution < 1.29 is 9.59 Å². The van der Waals surface area contributed by atoms with Gasteiger partial charge in [-0.25, -0.2) is 0 Å². The first kappa shape index (κ1) is 16.0. The molecule has 0 saturated heterocycles. The Labute approximate surface area is 138 Å². The van der Waals surface area contributed by atoms with Crippen LogP contribution >= 0.6 is 0 Å². The normalized spacial score (nSPS) is 24.1. The number of nitrogens with one attached hydrogen (secondary N) is 2. The van der Waals surface area contributed by atoms with Crippen LogP contribution in [0.1, 0.15) is 49.7 Å². The van der Waals surface area contributed by atoms with Crippen molar-refractivity contribution >= 4 is 17.5 Å². The highest BCUT2D eigenvalue weighted by atomic mass is 16.2. The molecule has 1 aromatic carbocycles. The molecule has 23 heavy (non-hydrogen) atoms. The van der Waals surface area contributed by atoms with E-state index in [2.05, 4.69) is 10.6 Å². The molecule has 0 bridgehead atoms. The lowest BCUT2D eigenvalue weighted by atomic mass is 9.95. The van der Waals surface area contributed by atoms with E-state index >= 15 is 0 Å². The summed E-state index contributed by atoms with van der Waals surface area (Å²) in [5.74, 6) is -0.263. The van der Waals surface area contributed by atoms with Crippen molar-refractivity contribution in [3.05, 3.63) is 29.3 Å². The summed E-state index contributed by atoms with van der Waals surface area (Å²) in [4.78, 5) is 24.6. The van der Waals surface area contributed by atoms with E-state index in [9.17, 15) is 9.59 Å². The molecule has 2 N–H and O–H groups in total. The summed E-state index contributed by atoms with van der Waals surface area (Å²) in [6.07, 6.45) is 6.51. The van der Waals surface area contributed by atoms with Crippen LogP contribution in [0.25, 0.3) is 0 Å². The van der Waals surface area contributed by atoms with Gasteiger partial charge < -0.3 is 10.6 Å². The van der Waals surface area contributed by atoms with E-state index in [1.807, 2.05) is 32.0 Å².